The molecule has 4 aliphatic carbocycles. The van der Waals surface area contributed by atoms with Gasteiger partial charge in [0.2, 0.25) is 0 Å². The summed E-state index contributed by atoms with van der Waals surface area (Å²) in [7, 11) is 0. The molecule has 0 radical (unpaired) electrons. The van der Waals surface area contributed by atoms with Gasteiger partial charge in [-0.1, -0.05) is 13.0 Å². The molecule has 2 N–H and O–H groups in total. The zero-order valence-electron chi connectivity index (χ0n) is 14.7. The van der Waals surface area contributed by atoms with Crippen molar-refractivity contribution in [1.29, 1.82) is 0 Å². The van der Waals surface area contributed by atoms with Crippen LogP contribution in [0.4, 0.5) is 8.78 Å². The Morgan fingerprint density at radius 3 is 2.64 bits per heavy atom. The van der Waals surface area contributed by atoms with Crippen LogP contribution in [0.25, 0.3) is 0 Å². The summed E-state index contributed by atoms with van der Waals surface area (Å²) < 4.78 is 31.6. The molecular formula is C20H26F2O3. The smallest absolute Gasteiger partial charge is 0.178 e. The summed E-state index contributed by atoms with van der Waals surface area (Å²) in [6, 6.07) is 0. The predicted octanol–water partition coefficient (Wildman–Crippen LogP) is 3.06. The van der Waals surface area contributed by atoms with Crippen molar-refractivity contribution in [2.75, 3.05) is 0 Å². The summed E-state index contributed by atoms with van der Waals surface area (Å²) in [5.74, 6) is -1.14. The molecule has 138 valence electrons. The Balaban J connectivity index is 1.86. The Bertz CT molecular complexity index is 674. The van der Waals surface area contributed by atoms with E-state index in [-0.39, 0.29) is 30.1 Å². The summed E-state index contributed by atoms with van der Waals surface area (Å²) in [4.78, 5) is 11.7. The van der Waals surface area contributed by atoms with E-state index >= 15 is 8.78 Å². The quantitative estimate of drug-likeness (QED) is 0.763. The van der Waals surface area contributed by atoms with Crippen molar-refractivity contribution in [3.63, 3.8) is 0 Å². The van der Waals surface area contributed by atoms with Crippen molar-refractivity contribution in [3.8, 4) is 0 Å². The maximum Gasteiger partial charge on any atom is 0.178 e. The number of halogens is 2. The molecule has 0 unspecified atom stereocenters. The number of rotatable bonds is 1. The van der Waals surface area contributed by atoms with Crippen LogP contribution in [0, 0.1) is 22.7 Å². The van der Waals surface area contributed by atoms with E-state index < -0.39 is 40.8 Å². The van der Waals surface area contributed by atoms with E-state index in [1.165, 1.54) is 18.2 Å². The van der Waals surface area contributed by atoms with Crippen molar-refractivity contribution in [2.45, 2.75) is 70.0 Å². The molecule has 4 aliphatic rings. The van der Waals surface area contributed by atoms with Crippen LogP contribution in [0.5, 0.6) is 0 Å². The highest BCUT2D eigenvalue weighted by Gasteiger charge is 2.72. The largest absolute Gasteiger partial charge is 0.393 e. The van der Waals surface area contributed by atoms with Gasteiger partial charge < -0.3 is 10.2 Å². The van der Waals surface area contributed by atoms with Gasteiger partial charge in [0.25, 0.3) is 0 Å². The molecule has 5 heteroatoms. The minimum atomic E-state index is -2.02. The highest BCUT2D eigenvalue weighted by atomic mass is 19.1. The summed E-state index contributed by atoms with van der Waals surface area (Å²) in [5.41, 5.74) is -3.73. The minimum Gasteiger partial charge on any atom is -0.393 e. The van der Waals surface area contributed by atoms with Crippen LogP contribution < -0.4 is 0 Å². The fourth-order valence-electron chi connectivity index (χ4n) is 6.62. The standard InChI is InChI=1S/C20H26F2O3/c1-3-19-10-17(25)20(22)13(12(19)4-5-16(19)24)9-15(21)14-8-11(23)6-7-18(14,20)2/h6-8,12-13,15-17,24-25H,3-5,9-10H2,1-2H3/t12-,13-,15-,16+,17-,18-,19-,20-/m0/s1. The highest BCUT2D eigenvalue weighted by Crippen LogP contribution is 2.68. The van der Waals surface area contributed by atoms with Crippen LogP contribution >= 0.6 is 0 Å². The average Bonchev–Trinajstić information content (AvgIpc) is 2.89. The van der Waals surface area contributed by atoms with Crippen LogP contribution in [0.1, 0.15) is 46.0 Å². The van der Waals surface area contributed by atoms with E-state index in [0.29, 0.717) is 19.3 Å². The van der Waals surface area contributed by atoms with Crippen LogP contribution in [-0.4, -0.2) is 40.0 Å². The number of allylic oxidation sites excluding steroid dienone is 4. The van der Waals surface area contributed by atoms with Gasteiger partial charge in [0.05, 0.1) is 12.2 Å². The molecule has 0 heterocycles. The number of carbonyl (C=O) groups excluding carboxylic acids is 1. The molecule has 0 bridgehead atoms. The molecule has 0 aromatic heterocycles. The van der Waals surface area contributed by atoms with Gasteiger partial charge >= 0.3 is 0 Å². The lowest BCUT2D eigenvalue weighted by Crippen LogP contribution is -2.68. The first kappa shape index (κ1) is 17.3. The Kier molecular flexibility index (Phi) is 3.63. The van der Waals surface area contributed by atoms with Gasteiger partial charge in [-0.2, -0.15) is 0 Å². The van der Waals surface area contributed by atoms with Gasteiger partial charge in [-0.05, 0) is 62.7 Å². The summed E-state index contributed by atoms with van der Waals surface area (Å²) in [6.07, 6.45) is 2.71. The lowest BCUT2D eigenvalue weighted by molar-refractivity contribution is -0.211. The third kappa shape index (κ3) is 1.89. The normalized spacial score (nSPS) is 54.6. The first-order valence-corrected chi connectivity index (χ1v) is 9.35. The molecule has 0 aliphatic heterocycles. The van der Waals surface area contributed by atoms with Gasteiger partial charge in [-0.25, -0.2) is 8.78 Å². The molecule has 25 heavy (non-hydrogen) atoms. The Labute approximate surface area is 146 Å². The van der Waals surface area contributed by atoms with E-state index in [2.05, 4.69) is 0 Å². The van der Waals surface area contributed by atoms with Gasteiger partial charge in [0.15, 0.2) is 11.5 Å². The molecule has 3 saturated carbocycles. The maximum absolute atomic E-state index is 16.6. The molecular weight excluding hydrogens is 326 g/mol. The monoisotopic (exact) mass is 352 g/mol. The summed E-state index contributed by atoms with van der Waals surface area (Å²) in [5, 5.41) is 21.5. The second kappa shape index (κ2) is 5.23. The van der Waals surface area contributed by atoms with Crippen molar-refractivity contribution in [1.82, 2.24) is 0 Å². The van der Waals surface area contributed by atoms with Crippen LogP contribution in [0.3, 0.4) is 0 Å². The molecule has 0 amide bonds. The average molecular weight is 352 g/mol. The van der Waals surface area contributed by atoms with Gasteiger partial charge in [-0.15, -0.1) is 0 Å². The Morgan fingerprint density at radius 1 is 1.24 bits per heavy atom. The third-order valence-electron chi connectivity index (χ3n) is 7.97. The first-order valence-electron chi connectivity index (χ1n) is 9.35. The maximum atomic E-state index is 16.6. The van der Waals surface area contributed by atoms with Gasteiger partial charge in [0, 0.05) is 16.7 Å². The van der Waals surface area contributed by atoms with E-state index in [4.69, 9.17) is 0 Å². The number of carbonyl (C=O) groups is 1. The number of hydrogen-bond donors (Lipinski definition) is 2. The summed E-state index contributed by atoms with van der Waals surface area (Å²) >= 11 is 0. The topological polar surface area (TPSA) is 57.5 Å². The molecule has 3 nitrogen and oxygen atoms in total. The highest BCUT2D eigenvalue weighted by molar-refractivity contribution is 6.01. The number of aliphatic hydroxyl groups excluding tert-OH is 2. The van der Waals surface area contributed by atoms with E-state index in [9.17, 15) is 15.0 Å². The van der Waals surface area contributed by atoms with Crippen LogP contribution in [-0.2, 0) is 4.79 Å². The Morgan fingerprint density at radius 2 is 1.96 bits per heavy atom. The Hall–Kier alpha value is -1.07. The predicted molar refractivity (Wildman–Crippen MR) is 89.3 cm³/mol. The number of aliphatic hydroxyl groups is 2. The summed E-state index contributed by atoms with van der Waals surface area (Å²) in [6.45, 7) is 3.57. The molecule has 0 aromatic rings. The van der Waals surface area contributed by atoms with E-state index in [1.807, 2.05) is 6.92 Å². The number of fused-ring (bicyclic) bond motifs is 5. The molecule has 8 atom stereocenters. The van der Waals surface area contributed by atoms with Crippen LogP contribution in [0.2, 0.25) is 0 Å². The van der Waals surface area contributed by atoms with Crippen molar-refractivity contribution < 1.29 is 23.8 Å². The lowest BCUT2D eigenvalue weighted by Gasteiger charge is -2.62. The van der Waals surface area contributed by atoms with E-state index in [1.54, 1.807) is 6.92 Å². The SMILES string of the molecule is CC[C@]12C[C@H](O)[C@@]3(F)[C@@H](C[C@H](F)C4=CC(=O)C=C[C@@]43C)[C@@H]1CC[C@H]2O. The van der Waals surface area contributed by atoms with Crippen molar-refractivity contribution >= 4 is 5.78 Å². The van der Waals surface area contributed by atoms with Crippen LogP contribution in [0.15, 0.2) is 23.8 Å². The second-order valence-electron chi connectivity index (χ2n) is 8.62. The van der Waals surface area contributed by atoms with Gasteiger partial charge in [-0.3, -0.25) is 4.79 Å². The molecule has 0 saturated heterocycles. The second-order valence-corrected chi connectivity index (χ2v) is 8.62. The zero-order valence-corrected chi connectivity index (χ0v) is 14.7. The van der Waals surface area contributed by atoms with Gasteiger partial charge in [0.1, 0.15) is 6.17 Å². The first-order chi connectivity index (χ1) is 11.7. The molecule has 3 fully saturated rings. The third-order valence-corrected chi connectivity index (χ3v) is 7.97. The molecule has 4 rings (SSSR count). The van der Waals surface area contributed by atoms with Crippen molar-refractivity contribution in [3.05, 3.63) is 23.8 Å². The van der Waals surface area contributed by atoms with Crippen molar-refractivity contribution in [2.24, 2.45) is 22.7 Å². The number of ketones is 1. The molecule has 0 aromatic carbocycles. The van der Waals surface area contributed by atoms with E-state index in [0.717, 1.165) is 0 Å². The zero-order chi connectivity index (χ0) is 18.2. The number of alkyl halides is 2. The molecule has 0 spiro atoms. The fourth-order valence-corrected chi connectivity index (χ4v) is 6.62. The number of hydrogen-bond acceptors (Lipinski definition) is 3. The lowest BCUT2D eigenvalue weighted by atomic mass is 9.45. The fraction of sp³-hybridized carbons (Fsp3) is 0.750. The minimum absolute atomic E-state index is 0.0325.